The van der Waals surface area contributed by atoms with E-state index in [1.807, 2.05) is 6.07 Å². The highest BCUT2D eigenvalue weighted by Gasteiger charge is 2.16. The predicted molar refractivity (Wildman–Crippen MR) is 71.7 cm³/mol. The number of hydrogen-bond acceptors (Lipinski definition) is 4. The highest BCUT2D eigenvalue weighted by Crippen LogP contribution is 2.32. The minimum atomic E-state index is -0.323. The average molecular weight is 258 g/mol. The Morgan fingerprint density at radius 2 is 1.95 bits per heavy atom. The third-order valence-electron chi connectivity index (χ3n) is 3.25. The van der Waals surface area contributed by atoms with Crippen LogP contribution in [0.4, 0.5) is 0 Å². The fourth-order valence-corrected chi connectivity index (χ4v) is 2.18. The van der Waals surface area contributed by atoms with E-state index < -0.39 is 0 Å². The van der Waals surface area contributed by atoms with Crippen molar-refractivity contribution in [3.8, 4) is 17.6 Å². The van der Waals surface area contributed by atoms with Gasteiger partial charge in [0.15, 0.2) is 0 Å². The molecular formula is C14H14N2O3. The number of aryl methyl sites for hydroxylation is 2. The first-order valence-electron chi connectivity index (χ1n) is 5.70. The Bertz CT molecular complexity index is 754. The summed E-state index contributed by atoms with van der Waals surface area (Å²) in [4.78, 5) is 12.1. The Morgan fingerprint density at radius 3 is 2.47 bits per heavy atom. The Labute approximate surface area is 110 Å². The van der Waals surface area contributed by atoms with Gasteiger partial charge in [0.2, 0.25) is 0 Å². The number of nitriles is 1. The van der Waals surface area contributed by atoms with Crippen LogP contribution in [0.2, 0.25) is 0 Å². The van der Waals surface area contributed by atoms with E-state index in [0.717, 1.165) is 5.39 Å². The number of ether oxygens (including phenoxy) is 2. The normalized spacial score (nSPS) is 10.3. The zero-order chi connectivity index (χ0) is 14.2. The fraction of sp³-hybridized carbons (Fsp3) is 0.286. The number of methoxy groups -OCH3 is 2. The number of fused-ring (bicyclic) bond motifs is 1. The maximum atomic E-state index is 12.1. The second-order valence-corrected chi connectivity index (χ2v) is 4.20. The highest BCUT2D eigenvalue weighted by molar-refractivity contribution is 5.90. The van der Waals surface area contributed by atoms with Crippen molar-refractivity contribution in [2.24, 2.45) is 7.05 Å². The summed E-state index contributed by atoms with van der Waals surface area (Å²) in [5.41, 5.74) is 1.11. The third-order valence-corrected chi connectivity index (χ3v) is 3.25. The lowest BCUT2D eigenvalue weighted by atomic mass is 10.0. The summed E-state index contributed by atoms with van der Waals surface area (Å²) < 4.78 is 12.0. The number of nitrogens with zero attached hydrogens (tertiary/aromatic N) is 2. The van der Waals surface area contributed by atoms with Crippen LogP contribution in [0.1, 0.15) is 11.1 Å². The average Bonchev–Trinajstić information content (AvgIpc) is 2.44. The van der Waals surface area contributed by atoms with Crippen LogP contribution in [0, 0.1) is 18.3 Å². The van der Waals surface area contributed by atoms with Gasteiger partial charge in [0.05, 0.1) is 19.7 Å². The lowest BCUT2D eigenvalue weighted by Crippen LogP contribution is -2.22. The summed E-state index contributed by atoms with van der Waals surface area (Å²) in [6.45, 7) is 1.75. The predicted octanol–water partition coefficient (Wildman–Crippen LogP) is 1.74. The van der Waals surface area contributed by atoms with Gasteiger partial charge in [0, 0.05) is 18.5 Å². The second kappa shape index (κ2) is 4.65. The van der Waals surface area contributed by atoms with Gasteiger partial charge < -0.3 is 14.0 Å². The summed E-state index contributed by atoms with van der Waals surface area (Å²) in [7, 11) is 4.72. The van der Waals surface area contributed by atoms with Crippen molar-refractivity contribution in [2.75, 3.05) is 14.2 Å². The molecule has 5 heteroatoms. The second-order valence-electron chi connectivity index (χ2n) is 4.20. The monoisotopic (exact) mass is 258 g/mol. The molecule has 0 spiro atoms. The van der Waals surface area contributed by atoms with E-state index >= 15 is 0 Å². The zero-order valence-corrected chi connectivity index (χ0v) is 11.3. The molecule has 0 fully saturated rings. The minimum absolute atomic E-state index is 0.144. The van der Waals surface area contributed by atoms with Crippen molar-refractivity contribution >= 4 is 10.9 Å². The topological polar surface area (TPSA) is 64.2 Å². The number of benzene rings is 1. The summed E-state index contributed by atoms with van der Waals surface area (Å²) in [6.07, 6.45) is 0. The van der Waals surface area contributed by atoms with Gasteiger partial charge in [-0.05, 0) is 18.6 Å². The largest absolute Gasteiger partial charge is 0.497 e. The first-order chi connectivity index (χ1) is 9.04. The van der Waals surface area contributed by atoms with Crippen molar-refractivity contribution in [3.63, 3.8) is 0 Å². The third kappa shape index (κ3) is 1.82. The number of pyridine rings is 1. The molecule has 2 rings (SSSR count). The molecule has 98 valence electrons. The standard InChI is InChI=1S/C14H14N2O3/c1-8-10-5-9(18-3)6-12(19-4)13(10)16(2)14(17)11(8)7-15/h5-6H,1-4H3. The first-order valence-corrected chi connectivity index (χ1v) is 5.70. The summed E-state index contributed by atoms with van der Waals surface area (Å²) in [5, 5.41) is 9.88. The van der Waals surface area contributed by atoms with E-state index in [-0.39, 0.29) is 11.1 Å². The minimum Gasteiger partial charge on any atom is -0.497 e. The number of aromatic nitrogens is 1. The van der Waals surface area contributed by atoms with Crippen molar-refractivity contribution < 1.29 is 9.47 Å². The van der Waals surface area contributed by atoms with E-state index in [1.165, 1.54) is 11.7 Å². The molecule has 0 saturated carbocycles. The highest BCUT2D eigenvalue weighted by atomic mass is 16.5. The van der Waals surface area contributed by atoms with Gasteiger partial charge in [-0.15, -0.1) is 0 Å². The van der Waals surface area contributed by atoms with Crippen LogP contribution in [0.5, 0.6) is 11.5 Å². The number of rotatable bonds is 2. The van der Waals surface area contributed by atoms with Crippen LogP contribution in [0.15, 0.2) is 16.9 Å². The Hall–Kier alpha value is -2.48. The van der Waals surface area contributed by atoms with Crippen LogP contribution < -0.4 is 15.0 Å². The molecule has 0 aliphatic carbocycles. The molecule has 0 atom stereocenters. The molecule has 0 aliphatic rings. The van der Waals surface area contributed by atoms with Crippen LogP contribution in [0.25, 0.3) is 10.9 Å². The molecule has 0 N–H and O–H groups in total. The fourth-order valence-electron chi connectivity index (χ4n) is 2.18. The molecular weight excluding hydrogens is 244 g/mol. The lowest BCUT2D eigenvalue weighted by Gasteiger charge is -2.14. The summed E-state index contributed by atoms with van der Waals surface area (Å²) >= 11 is 0. The smallest absolute Gasteiger partial charge is 0.269 e. The molecule has 19 heavy (non-hydrogen) atoms. The van der Waals surface area contributed by atoms with Crippen molar-refractivity contribution in [1.82, 2.24) is 4.57 Å². The van der Waals surface area contributed by atoms with Gasteiger partial charge in [-0.3, -0.25) is 4.79 Å². The molecule has 0 radical (unpaired) electrons. The van der Waals surface area contributed by atoms with Crippen molar-refractivity contribution in [3.05, 3.63) is 33.6 Å². The molecule has 2 aromatic rings. The Morgan fingerprint density at radius 1 is 1.26 bits per heavy atom. The molecule has 1 aromatic heterocycles. The van der Waals surface area contributed by atoms with E-state index in [2.05, 4.69) is 0 Å². The van der Waals surface area contributed by atoms with E-state index in [0.29, 0.717) is 22.6 Å². The Balaban J connectivity index is 3.08. The van der Waals surface area contributed by atoms with Crippen LogP contribution in [-0.2, 0) is 7.05 Å². The molecule has 0 aliphatic heterocycles. The maximum absolute atomic E-state index is 12.1. The van der Waals surface area contributed by atoms with Gasteiger partial charge in [0.25, 0.3) is 5.56 Å². The lowest BCUT2D eigenvalue weighted by molar-refractivity contribution is 0.396. The first kappa shape index (κ1) is 13.0. The van der Waals surface area contributed by atoms with E-state index in [4.69, 9.17) is 14.7 Å². The molecule has 0 unspecified atom stereocenters. The van der Waals surface area contributed by atoms with Gasteiger partial charge in [-0.2, -0.15) is 5.26 Å². The zero-order valence-electron chi connectivity index (χ0n) is 11.3. The quantitative estimate of drug-likeness (QED) is 0.823. The van der Waals surface area contributed by atoms with Gasteiger partial charge >= 0.3 is 0 Å². The summed E-state index contributed by atoms with van der Waals surface area (Å²) in [6, 6.07) is 5.47. The molecule has 1 aromatic carbocycles. The number of hydrogen-bond donors (Lipinski definition) is 0. The van der Waals surface area contributed by atoms with Gasteiger partial charge in [-0.1, -0.05) is 0 Å². The molecule has 0 bridgehead atoms. The molecule has 0 saturated heterocycles. The van der Waals surface area contributed by atoms with Crippen LogP contribution in [0.3, 0.4) is 0 Å². The van der Waals surface area contributed by atoms with Crippen molar-refractivity contribution in [2.45, 2.75) is 6.92 Å². The van der Waals surface area contributed by atoms with Crippen LogP contribution >= 0.6 is 0 Å². The van der Waals surface area contributed by atoms with E-state index in [9.17, 15) is 4.79 Å². The van der Waals surface area contributed by atoms with Crippen molar-refractivity contribution in [1.29, 1.82) is 5.26 Å². The van der Waals surface area contributed by atoms with Crippen LogP contribution in [-0.4, -0.2) is 18.8 Å². The van der Waals surface area contributed by atoms with E-state index in [1.54, 1.807) is 33.2 Å². The van der Waals surface area contributed by atoms with Gasteiger partial charge in [0.1, 0.15) is 23.1 Å². The molecule has 0 amide bonds. The maximum Gasteiger partial charge on any atom is 0.269 e. The SMILES string of the molecule is COc1cc(OC)c2c(c1)c(C)c(C#N)c(=O)n2C. The van der Waals surface area contributed by atoms with Gasteiger partial charge in [-0.25, -0.2) is 0 Å². The molecule has 5 nitrogen and oxygen atoms in total. The Kier molecular flexibility index (Phi) is 3.17. The molecule has 1 heterocycles. The summed E-state index contributed by atoms with van der Waals surface area (Å²) in [5.74, 6) is 1.16.